The van der Waals surface area contributed by atoms with Gasteiger partial charge in [0, 0.05) is 23.8 Å². The first-order chi connectivity index (χ1) is 9.04. The Bertz CT molecular complexity index is 620. The summed E-state index contributed by atoms with van der Waals surface area (Å²) in [6.45, 7) is 4.10. The number of alkyl halides is 2. The van der Waals surface area contributed by atoms with Crippen LogP contribution < -0.4 is 4.74 Å². The first-order valence-electron chi connectivity index (χ1n) is 6.08. The molecule has 0 saturated carbocycles. The van der Waals surface area contributed by atoms with Gasteiger partial charge in [-0.3, -0.25) is 0 Å². The summed E-state index contributed by atoms with van der Waals surface area (Å²) >= 11 is 0.812. The van der Waals surface area contributed by atoms with Crippen molar-refractivity contribution in [3.63, 3.8) is 0 Å². The van der Waals surface area contributed by atoms with Gasteiger partial charge in [-0.15, -0.1) is 0 Å². The van der Waals surface area contributed by atoms with Gasteiger partial charge in [0.15, 0.2) is 14.9 Å². The molecule has 0 aromatic carbocycles. The summed E-state index contributed by atoms with van der Waals surface area (Å²) < 4.78 is 55.8. The third-order valence-electron chi connectivity index (χ3n) is 2.95. The number of aliphatic hydroxyl groups is 1. The summed E-state index contributed by atoms with van der Waals surface area (Å²) in [4.78, 5) is 0. The second kappa shape index (κ2) is 4.92. The molecule has 1 N–H and O–H groups in total. The van der Waals surface area contributed by atoms with E-state index in [1.807, 2.05) is 13.8 Å². The summed E-state index contributed by atoms with van der Waals surface area (Å²) in [6.07, 6.45) is -1.84. The van der Waals surface area contributed by atoms with Crippen LogP contribution in [0.1, 0.15) is 31.1 Å². The molecule has 1 aliphatic carbocycles. The number of hydrogen-bond acceptors (Lipinski definition) is 5. The van der Waals surface area contributed by atoms with E-state index in [1.54, 1.807) is 0 Å². The van der Waals surface area contributed by atoms with Crippen LogP contribution in [0.15, 0.2) is 4.21 Å². The van der Waals surface area contributed by atoms with Crippen molar-refractivity contribution in [2.75, 3.05) is 12.9 Å². The largest absolute Gasteiger partial charge is 0.483 e. The SMILES string of the molecule is CC(C)COc1sc(S(C)(=O)=O)c2c1CC(F)(F)[C@@H]2O. The lowest BCUT2D eigenvalue weighted by Crippen LogP contribution is -2.22. The summed E-state index contributed by atoms with van der Waals surface area (Å²) in [5.74, 6) is -3.17. The Kier molecular flexibility index (Phi) is 3.85. The van der Waals surface area contributed by atoms with Crippen molar-refractivity contribution in [3.05, 3.63) is 11.1 Å². The van der Waals surface area contributed by atoms with E-state index in [4.69, 9.17) is 4.74 Å². The van der Waals surface area contributed by atoms with E-state index >= 15 is 0 Å². The van der Waals surface area contributed by atoms with Gasteiger partial charge >= 0.3 is 0 Å². The lowest BCUT2D eigenvalue weighted by atomic mass is 10.2. The second-order valence-electron chi connectivity index (χ2n) is 5.39. The minimum absolute atomic E-state index is 0.119. The zero-order chi connectivity index (χ0) is 15.3. The predicted octanol–water partition coefficient (Wildman–Crippen LogP) is 2.41. The van der Waals surface area contributed by atoms with Gasteiger partial charge in [-0.2, -0.15) is 0 Å². The molecule has 4 nitrogen and oxygen atoms in total. The lowest BCUT2D eigenvalue weighted by molar-refractivity contribution is -0.0976. The number of halogens is 2. The van der Waals surface area contributed by atoms with E-state index in [9.17, 15) is 22.3 Å². The molecule has 0 saturated heterocycles. The van der Waals surface area contributed by atoms with Crippen LogP contribution in [0.5, 0.6) is 5.06 Å². The fraction of sp³-hybridized carbons (Fsp3) is 0.667. The molecule has 0 amide bonds. The van der Waals surface area contributed by atoms with E-state index in [1.165, 1.54) is 0 Å². The predicted molar refractivity (Wildman–Crippen MR) is 71.4 cm³/mol. The molecular formula is C12H16F2O4S2. The average Bonchev–Trinajstić information content (AvgIpc) is 2.72. The fourth-order valence-corrected chi connectivity index (χ4v) is 4.47. The van der Waals surface area contributed by atoms with Crippen LogP contribution in [-0.4, -0.2) is 32.3 Å². The highest BCUT2D eigenvalue weighted by atomic mass is 32.2. The summed E-state index contributed by atoms with van der Waals surface area (Å²) in [6, 6.07) is 0. The zero-order valence-corrected chi connectivity index (χ0v) is 12.9. The molecule has 0 spiro atoms. The minimum atomic E-state index is -3.68. The smallest absolute Gasteiger partial charge is 0.281 e. The molecule has 1 aliphatic rings. The van der Waals surface area contributed by atoms with Crippen LogP contribution in [0.2, 0.25) is 0 Å². The van der Waals surface area contributed by atoms with E-state index < -0.39 is 28.3 Å². The third kappa shape index (κ3) is 2.68. The van der Waals surface area contributed by atoms with Crippen LogP contribution in [0.4, 0.5) is 8.78 Å². The topological polar surface area (TPSA) is 63.6 Å². The van der Waals surface area contributed by atoms with Crippen molar-refractivity contribution in [3.8, 4) is 5.06 Å². The van der Waals surface area contributed by atoms with Crippen molar-refractivity contribution in [1.82, 2.24) is 0 Å². The van der Waals surface area contributed by atoms with Gasteiger partial charge in [0.25, 0.3) is 5.92 Å². The quantitative estimate of drug-likeness (QED) is 0.923. The minimum Gasteiger partial charge on any atom is -0.483 e. The number of sulfone groups is 1. The molecular weight excluding hydrogens is 310 g/mol. The molecule has 1 heterocycles. The zero-order valence-electron chi connectivity index (χ0n) is 11.3. The molecule has 1 aromatic heterocycles. The van der Waals surface area contributed by atoms with Crippen molar-refractivity contribution in [2.24, 2.45) is 5.92 Å². The number of thiophene rings is 1. The molecule has 20 heavy (non-hydrogen) atoms. The molecule has 2 rings (SSSR count). The summed E-state index contributed by atoms with van der Waals surface area (Å²) in [7, 11) is -3.68. The third-order valence-corrected chi connectivity index (χ3v) is 5.95. The van der Waals surface area contributed by atoms with E-state index in [0.717, 1.165) is 17.6 Å². The molecule has 0 fully saturated rings. The Hall–Kier alpha value is -0.730. The van der Waals surface area contributed by atoms with Crippen molar-refractivity contribution in [1.29, 1.82) is 0 Å². The normalized spacial score (nSPS) is 21.2. The van der Waals surface area contributed by atoms with Crippen LogP contribution in [0.3, 0.4) is 0 Å². The molecule has 1 atom stereocenters. The Labute approximate surface area is 120 Å². The van der Waals surface area contributed by atoms with Crippen LogP contribution >= 0.6 is 11.3 Å². The van der Waals surface area contributed by atoms with Gasteiger partial charge in [0.05, 0.1) is 6.61 Å². The van der Waals surface area contributed by atoms with E-state index in [2.05, 4.69) is 0 Å². The highest BCUT2D eigenvalue weighted by molar-refractivity contribution is 7.92. The van der Waals surface area contributed by atoms with E-state index in [0.29, 0.717) is 6.61 Å². The molecule has 0 unspecified atom stereocenters. The van der Waals surface area contributed by atoms with Crippen molar-refractivity contribution >= 4 is 21.2 Å². The molecule has 114 valence electrons. The number of fused-ring (bicyclic) bond motifs is 1. The van der Waals surface area contributed by atoms with Crippen molar-refractivity contribution in [2.45, 2.75) is 36.5 Å². The highest BCUT2D eigenvalue weighted by Gasteiger charge is 2.51. The van der Waals surface area contributed by atoms with E-state index in [-0.39, 0.29) is 26.3 Å². The number of rotatable bonds is 4. The second-order valence-corrected chi connectivity index (χ2v) is 8.58. The number of aliphatic hydroxyl groups excluding tert-OH is 1. The first kappa shape index (κ1) is 15.7. The van der Waals surface area contributed by atoms with Crippen LogP contribution in [0.25, 0.3) is 0 Å². The Morgan fingerprint density at radius 1 is 1.50 bits per heavy atom. The Balaban J connectivity index is 2.51. The molecule has 0 bridgehead atoms. The monoisotopic (exact) mass is 326 g/mol. The summed E-state index contributed by atoms with van der Waals surface area (Å²) in [5, 5.41) is 9.85. The van der Waals surface area contributed by atoms with Gasteiger partial charge < -0.3 is 9.84 Å². The lowest BCUT2D eigenvalue weighted by Gasteiger charge is -2.14. The molecule has 0 aliphatic heterocycles. The van der Waals surface area contributed by atoms with Gasteiger partial charge in [0.2, 0.25) is 0 Å². The van der Waals surface area contributed by atoms with Gasteiger partial charge in [-0.25, -0.2) is 17.2 Å². The highest BCUT2D eigenvalue weighted by Crippen LogP contribution is 2.53. The van der Waals surface area contributed by atoms with Crippen molar-refractivity contribution < 1.29 is 27.0 Å². The molecule has 8 heteroatoms. The molecule has 0 radical (unpaired) electrons. The van der Waals surface area contributed by atoms with Gasteiger partial charge in [-0.1, -0.05) is 25.2 Å². The van der Waals surface area contributed by atoms with Gasteiger partial charge in [-0.05, 0) is 5.92 Å². The van der Waals surface area contributed by atoms with Gasteiger partial charge in [0.1, 0.15) is 10.3 Å². The standard InChI is InChI=1S/C12H16F2O4S2/c1-6(2)5-18-10-7-4-12(13,14)9(15)8(7)11(19-10)20(3,16)17/h6,9,15H,4-5H2,1-3H3/t9-/m1/s1. The maximum absolute atomic E-state index is 13.6. The first-order valence-corrected chi connectivity index (χ1v) is 8.79. The number of ether oxygens (including phenoxy) is 1. The molecule has 1 aromatic rings. The fourth-order valence-electron chi connectivity index (χ4n) is 2.06. The number of hydrogen-bond donors (Lipinski definition) is 1. The van der Waals surface area contributed by atoms with Crippen LogP contribution in [-0.2, 0) is 16.3 Å². The summed E-state index contributed by atoms with van der Waals surface area (Å²) in [5.41, 5.74) is -0.0742. The average molecular weight is 326 g/mol. The Morgan fingerprint density at radius 3 is 2.60 bits per heavy atom. The maximum atomic E-state index is 13.6. The van der Waals surface area contributed by atoms with Crippen LogP contribution in [0, 0.1) is 5.92 Å². The maximum Gasteiger partial charge on any atom is 0.281 e. The Morgan fingerprint density at radius 2 is 2.10 bits per heavy atom.